The van der Waals surface area contributed by atoms with Crippen molar-refractivity contribution in [3.63, 3.8) is 0 Å². The van der Waals surface area contributed by atoms with Gasteiger partial charge in [-0.2, -0.15) is 0 Å². The molecule has 0 spiro atoms. The highest BCUT2D eigenvalue weighted by Crippen LogP contribution is 2.31. The lowest BCUT2D eigenvalue weighted by atomic mass is 10.1. The molecule has 0 saturated heterocycles. The summed E-state index contributed by atoms with van der Waals surface area (Å²) >= 11 is 1.20. The van der Waals surface area contributed by atoms with E-state index in [0.717, 1.165) is 11.1 Å². The van der Waals surface area contributed by atoms with Crippen molar-refractivity contribution in [2.75, 3.05) is 19.5 Å². The van der Waals surface area contributed by atoms with E-state index in [2.05, 4.69) is 10.2 Å². The summed E-state index contributed by atoms with van der Waals surface area (Å²) in [7, 11) is 1.55. The van der Waals surface area contributed by atoms with Crippen LogP contribution in [0, 0.1) is 6.92 Å². The van der Waals surface area contributed by atoms with E-state index in [1.165, 1.54) is 11.8 Å². The Morgan fingerprint density at radius 3 is 2.74 bits per heavy atom. The second kappa shape index (κ2) is 8.73. The summed E-state index contributed by atoms with van der Waals surface area (Å²) in [4.78, 5) is 12.6. The summed E-state index contributed by atoms with van der Waals surface area (Å²) < 4.78 is 16.6. The number of nitrogens with zero attached hydrogens (tertiary/aromatic N) is 2. The van der Waals surface area contributed by atoms with Crippen molar-refractivity contribution in [1.82, 2.24) is 10.2 Å². The van der Waals surface area contributed by atoms with Crippen LogP contribution in [0.1, 0.15) is 22.8 Å². The fourth-order valence-electron chi connectivity index (χ4n) is 2.55. The molecule has 2 aromatic carbocycles. The van der Waals surface area contributed by atoms with Crippen molar-refractivity contribution in [3.05, 3.63) is 53.6 Å². The first-order valence-electron chi connectivity index (χ1n) is 8.48. The van der Waals surface area contributed by atoms with E-state index in [-0.39, 0.29) is 11.5 Å². The molecule has 0 radical (unpaired) electrons. The molecular formula is C20H20N2O4S. The molecule has 140 valence electrons. The van der Waals surface area contributed by atoms with Crippen molar-refractivity contribution in [3.8, 4) is 23.0 Å². The summed E-state index contributed by atoms with van der Waals surface area (Å²) in [5.74, 6) is 1.72. The average molecular weight is 384 g/mol. The van der Waals surface area contributed by atoms with E-state index >= 15 is 0 Å². The Hall–Kier alpha value is -2.80. The maximum Gasteiger partial charge on any atom is 0.277 e. The van der Waals surface area contributed by atoms with Gasteiger partial charge < -0.3 is 13.9 Å². The molecule has 1 heterocycles. The van der Waals surface area contributed by atoms with Crippen LogP contribution in [0.25, 0.3) is 11.5 Å². The Morgan fingerprint density at radius 2 is 1.96 bits per heavy atom. The first-order chi connectivity index (χ1) is 13.1. The van der Waals surface area contributed by atoms with Crippen molar-refractivity contribution >= 4 is 17.5 Å². The van der Waals surface area contributed by atoms with E-state index in [4.69, 9.17) is 13.9 Å². The molecule has 0 saturated carbocycles. The van der Waals surface area contributed by atoms with Crippen molar-refractivity contribution in [1.29, 1.82) is 0 Å². The Balaban J connectivity index is 1.72. The highest BCUT2D eigenvalue weighted by molar-refractivity contribution is 7.99. The monoisotopic (exact) mass is 384 g/mol. The van der Waals surface area contributed by atoms with Gasteiger partial charge in [0.25, 0.3) is 11.1 Å². The van der Waals surface area contributed by atoms with Crippen molar-refractivity contribution < 1.29 is 18.7 Å². The molecule has 0 atom stereocenters. The number of benzene rings is 2. The van der Waals surface area contributed by atoms with Crippen LogP contribution in [0.4, 0.5) is 0 Å². The number of hydrogen-bond donors (Lipinski definition) is 0. The quantitative estimate of drug-likeness (QED) is 0.420. The first-order valence-corrected chi connectivity index (χ1v) is 9.47. The second-order valence-electron chi connectivity index (χ2n) is 5.72. The van der Waals surface area contributed by atoms with Gasteiger partial charge in [0.05, 0.1) is 30.6 Å². The number of aromatic nitrogens is 2. The van der Waals surface area contributed by atoms with Crippen molar-refractivity contribution in [2.24, 2.45) is 0 Å². The van der Waals surface area contributed by atoms with Crippen LogP contribution in [0.15, 0.2) is 52.1 Å². The summed E-state index contributed by atoms with van der Waals surface area (Å²) in [5.41, 5.74) is 2.27. The number of Topliss-reactive ketones (excluding diaryl/α,β-unsaturated/α-hetero) is 1. The number of rotatable bonds is 8. The summed E-state index contributed by atoms with van der Waals surface area (Å²) in [6.07, 6.45) is 0. The smallest absolute Gasteiger partial charge is 0.277 e. The lowest BCUT2D eigenvalue weighted by molar-refractivity contribution is 0.101. The second-order valence-corrected chi connectivity index (χ2v) is 6.64. The van der Waals surface area contributed by atoms with Crippen LogP contribution in [-0.4, -0.2) is 35.5 Å². The molecule has 0 N–H and O–H groups in total. The molecule has 3 aromatic rings. The third-order valence-electron chi connectivity index (χ3n) is 3.81. The molecule has 27 heavy (non-hydrogen) atoms. The fraction of sp³-hybridized carbons (Fsp3) is 0.250. The predicted molar refractivity (Wildman–Crippen MR) is 104 cm³/mol. The molecule has 7 heteroatoms. The lowest BCUT2D eigenvalue weighted by Crippen LogP contribution is -2.05. The van der Waals surface area contributed by atoms with E-state index < -0.39 is 0 Å². The molecule has 1 aromatic heterocycles. The molecular weight excluding hydrogens is 364 g/mol. The maximum absolute atomic E-state index is 12.6. The van der Waals surface area contributed by atoms with E-state index in [1.54, 1.807) is 13.2 Å². The molecule has 0 aliphatic carbocycles. The van der Waals surface area contributed by atoms with Gasteiger partial charge in [0.2, 0.25) is 0 Å². The van der Waals surface area contributed by atoms with Gasteiger partial charge in [-0.25, -0.2) is 0 Å². The molecule has 0 unspecified atom stereocenters. The molecule has 0 aliphatic heterocycles. The SMILES string of the molecule is CCOc1ccccc1-c1nnc(SCC(=O)c2cc(C)ccc2OC)o1. The lowest BCUT2D eigenvalue weighted by Gasteiger charge is -2.07. The highest BCUT2D eigenvalue weighted by Gasteiger charge is 2.17. The topological polar surface area (TPSA) is 74.5 Å². The maximum atomic E-state index is 12.6. The average Bonchev–Trinajstić information content (AvgIpc) is 3.15. The van der Waals surface area contributed by atoms with Gasteiger partial charge in [0, 0.05) is 0 Å². The van der Waals surface area contributed by atoms with E-state index in [0.29, 0.717) is 34.8 Å². The Labute approximate surface area is 161 Å². The number of thioether (sulfide) groups is 1. The summed E-state index contributed by atoms with van der Waals surface area (Å²) in [5, 5.41) is 8.43. The zero-order valence-corrected chi connectivity index (χ0v) is 16.2. The first kappa shape index (κ1) is 19.0. The van der Waals surface area contributed by atoms with E-state index in [9.17, 15) is 4.79 Å². The molecule has 0 amide bonds. The van der Waals surface area contributed by atoms with Gasteiger partial charge >= 0.3 is 0 Å². The number of carbonyl (C=O) groups is 1. The molecule has 0 bridgehead atoms. The third-order valence-corrected chi connectivity index (χ3v) is 4.62. The standard InChI is InChI=1S/C20H20N2O4S/c1-4-25-18-8-6-5-7-14(18)19-21-22-20(26-19)27-12-16(23)15-11-13(2)9-10-17(15)24-3/h5-11H,4,12H2,1-3H3. The number of hydrogen-bond acceptors (Lipinski definition) is 7. The van der Waals surface area contributed by atoms with Gasteiger partial charge in [0.1, 0.15) is 11.5 Å². The fourth-order valence-corrected chi connectivity index (χ4v) is 3.19. The molecule has 6 nitrogen and oxygen atoms in total. The van der Waals surface area contributed by atoms with E-state index in [1.807, 2.05) is 50.2 Å². The van der Waals surface area contributed by atoms with Crippen LogP contribution in [-0.2, 0) is 0 Å². The Morgan fingerprint density at radius 1 is 1.15 bits per heavy atom. The van der Waals surface area contributed by atoms with Crippen LogP contribution in [0.5, 0.6) is 11.5 Å². The van der Waals surface area contributed by atoms with Gasteiger partial charge in [-0.3, -0.25) is 4.79 Å². The molecule has 0 fully saturated rings. The third kappa shape index (κ3) is 4.49. The van der Waals surface area contributed by atoms with Crippen LogP contribution < -0.4 is 9.47 Å². The summed E-state index contributed by atoms with van der Waals surface area (Å²) in [6.45, 7) is 4.39. The van der Waals surface area contributed by atoms with Gasteiger partial charge in [0.15, 0.2) is 5.78 Å². The Kier molecular flexibility index (Phi) is 6.13. The number of ether oxygens (including phenoxy) is 2. The van der Waals surface area contributed by atoms with Gasteiger partial charge in [-0.1, -0.05) is 35.5 Å². The number of carbonyl (C=O) groups excluding carboxylic acids is 1. The predicted octanol–water partition coefficient (Wildman–Crippen LogP) is 4.43. The Bertz CT molecular complexity index is 939. The summed E-state index contributed by atoms with van der Waals surface area (Å²) in [6, 6.07) is 13.0. The zero-order valence-electron chi connectivity index (χ0n) is 15.4. The molecule has 3 rings (SSSR count). The van der Waals surface area contributed by atoms with Gasteiger partial charge in [-0.15, -0.1) is 10.2 Å². The minimum atomic E-state index is -0.0602. The zero-order chi connectivity index (χ0) is 19.2. The normalized spacial score (nSPS) is 10.6. The highest BCUT2D eigenvalue weighted by atomic mass is 32.2. The van der Waals surface area contributed by atoms with Crippen LogP contribution in [0.3, 0.4) is 0 Å². The van der Waals surface area contributed by atoms with Crippen molar-refractivity contribution in [2.45, 2.75) is 19.1 Å². The number of aryl methyl sites for hydroxylation is 1. The number of ketones is 1. The van der Waals surface area contributed by atoms with Gasteiger partial charge in [-0.05, 0) is 38.1 Å². The van der Waals surface area contributed by atoms with Crippen LogP contribution >= 0.6 is 11.8 Å². The number of methoxy groups -OCH3 is 1. The molecule has 0 aliphatic rings. The number of para-hydroxylation sites is 1. The minimum Gasteiger partial charge on any atom is -0.496 e. The van der Waals surface area contributed by atoms with Crippen LogP contribution in [0.2, 0.25) is 0 Å². The largest absolute Gasteiger partial charge is 0.496 e. The minimum absolute atomic E-state index is 0.0602.